The van der Waals surface area contributed by atoms with Gasteiger partial charge in [-0.15, -0.1) is 0 Å². The lowest BCUT2D eigenvalue weighted by molar-refractivity contribution is 0.0588. The molecule has 0 unspecified atom stereocenters. The summed E-state index contributed by atoms with van der Waals surface area (Å²) in [6.07, 6.45) is 8.09. The van der Waals surface area contributed by atoms with E-state index in [4.69, 9.17) is 0 Å². The van der Waals surface area contributed by atoms with Crippen molar-refractivity contribution in [1.82, 2.24) is 19.7 Å². The Hall–Kier alpha value is -2.56. The summed E-state index contributed by atoms with van der Waals surface area (Å²) in [4.78, 5) is 18.8. The molecule has 0 radical (unpaired) electrons. The van der Waals surface area contributed by atoms with E-state index in [1.807, 2.05) is 23.9 Å². The summed E-state index contributed by atoms with van der Waals surface area (Å²) in [6, 6.07) is 8.54. The summed E-state index contributed by atoms with van der Waals surface area (Å²) in [5, 5.41) is 5.44. The van der Waals surface area contributed by atoms with E-state index in [1.54, 1.807) is 6.20 Å². The van der Waals surface area contributed by atoms with Gasteiger partial charge in [0, 0.05) is 42.4 Å². The number of nitrogens with zero attached hydrogens (tertiary/aromatic N) is 3. The minimum atomic E-state index is 0.140. The van der Waals surface area contributed by atoms with Gasteiger partial charge in [0.2, 0.25) is 0 Å². The van der Waals surface area contributed by atoms with Crippen molar-refractivity contribution < 1.29 is 4.79 Å². The van der Waals surface area contributed by atoms with E-state index >= 15 is 0 Å². The van der Waals surface area contributed by atoms with Gasteiger partial charge in [-0.3, -0.25) is 9.48 Å². The van der Waals surface area contributed by atoms with Crippen LogP contribution in [-0.2, 0) is 6.54 Å². The number of aromatic nitrogens is 3. The van der Waals surface area contributed by atoms with Gasteiger partial charge in [-0.2, -0.15) is 5.10 Å². The zero-order chi connectivity index (χ0) is 18.1. The molecule has 26 heavy (non-hydrogen) atoms. The fourth-order valence-corrected chi connectivity index (χ4v) is 4.08. The first-order chi connectivity index (χ1) is 12.6. The molecule has 4 rings (SSSR count). The number of H-pyrrole nitrogens is 1. The van der Waals surface area contributed by atoms with Crippen molar-refractivity contribution in [1.29, 1.82) is 0 Å². The predicted molar refractivity (Wildman–Crippen MR) is 103 cm³/mol. The van der Waals surface area contributed by atoms with Crippen molar-refractivity contribution in [3.8, 4) is 0 Å². The van der Waals surface area contributed by atoms with Crippen LogP contribution in [0.15, 0.2) is 36.7 Å². The van der Waals surface area contributed by atoms with Crippen molar-refractivity contribution >= 4 is 16.8 Å². The number of hydrogen-bond acceptors (Lipinski definition) is 2. The second-order valence-corrected chi connectivity index (χ2v) is 7.38. The Labute approximate surface area is 154 Å². The number of carbonyl (C=O) groups excluding carboxylic acids is 1. The average Bonchev–Trinajstić information content (AvgIpc) is 3.28. The predicted octanol–water partition coefficient (Wildman–Crippen LogP) is 4.07. The van der Waals surface area contributed by atoms with Gasteiger partial charge in [0.05, 0.1) is 0 Å². The number of aryl methyl sites for hydroxylation is 3. The minimum Gasteiger partial charge on any atom is -0.350 e. The number of benzene rings is 1. The Bertz CT molecular complexity index is 910. The molecule has 1 atom stereocenters. The molecule has 1 aliphatic rings. The maximum atomic E-state index is 13.3. The molecule has 3 aromatic rings. The molecule has 2 aromatic heterocycles. The highest BCUT2D eigenvalue weighted by atomic mass is 16.2. The highest BCUT2D eigenvalue weighted by Gasteiger charge is 2.29. The number of fused-ring (bicyclic) bond motifs is 1. The van der Waals surface area contributed by atoms with E-state index in [2.05, 4.69) is 40.1 Å². The first-order valence-corrected chi connectivity index (χ1v) is 9.51. The number of piperidine rings is 1. The van der Waals surface area contributed by atoms with Gasteiger partial charge >= 0.3 is 0 Å². The van der Waals surface area contributed by atoms with E-state index in [-0.39, 0.29) is 11.9 Å². The number of aromatic amines is 1. The highest BCUT2D eigenvalue weighted by Crippen LogP contribution is 2.27. The molecule has 0 aliphatic carbocycles. The van der Waals surface area contributed by atoms with Crippen LogP contribution in [0.5, 0.6) is 0 Å². The average molecular weight is 350 g/mol. The summed E-state index contributed by atoms with van der Waals surface area (Å²) in [5.41, 5.74) is 4.07. The Morgan fingerprint density at radius 2 is 2.19 bits per heavy atom. The third-order valence-corrected chi connectivity index (χ3v) is 5.57. The topological polar surface area (TPSA) is 53.9 Å². The smallest absolute Gasteiger partial charge is 0.270 e. The fourth-order valence-electron chi connectivity index (χ4n) is 4.08. The normalized spacial score (nSPS) is 17.8. The van der Waals surface area contributed by atoms with E-state index in [0.717, 1.165) is 54.5 Å². The molecule has 136 valence electrons. The van der Waals surface area contributed by atoms with E-state index in [1.165, 1.54) is 12.0 Å². The summed E-state index contributed by atoms with van der Waals surface area (Å²) >= 11 is 0. The van der Waals surface area contributed by atoms with Gasteiger partial charge in [0.25, 0.3) is 5.91 Å². The van der Waals surface area contributed by atoms with E-state index < -0.39 is 0 Å². The summed E-state index contributed by atoms with van der Waals surface area (Å²) < 4.78 is 1.95. The van der Waals surface area contributed by atoms with Crippen LogP contribution in [0.2, 0.25) is 0 Å². The molecule has 0 spiro atoms. The monoisotopic (exact) mass is 350 g/mol. The van der Waals surface area contributed by atoms with Gasteiger partial charge in [-0.25, -0.2) is 0 Å². The molecule has 0 bridgehead atoms. The lowest BCUT2D eigenvalue weighted by atomic mass is 9.98. The molecule has 0 saturated carbocycles. The zero-order valence-corrected chi connectivity index (χ0v) is 15.5. The molecule has 3 heterocycles. The van der Waals surface area contributed by atoms with Gasteiger partial charge in [0.15, 0.2) is 0 Å². The van der Waals surface area contributed by atoms with Crippen molar-refractivity contribution in [2.24, 2.45) is 0 Å². The van der Waals surface area contributed by atoms with E-state index in [0.29, 0.717) is 0 Å². The number of nitrogens with one attached hydrogen (secondary N) is 1. The molecule has 5 heteroatoms. The molecule has 1 aromatic carbocycles. The van der Waals surface area contributed by atoms with Crippen LogP contribution in [-0.4, -0.2) is 38.2 Å². The summed E-state index contributed by atoms with van der Waals surface area (Å²) in [7, 11) is 0. The quantitative estimate of drug-likeness (QED) is 0.771. The largest absolute Gasteiger partial charge is 0.350 e. The number of amides is 1. The fraction of sp³-hybridized carbons (Fsp3) is 0.429. The molecule has 1 aliphatic heterocycles. The summed E-state index contributed by atoms with van der Waals surface area (Å²) in [5.74, 6) is 0.140. The van der Waals surface area contributed by atoms with Crippen molar-refractivity contribution in [2.75, 3.05) is 6.54 Å². The number of hydrogen-bond donors (Lipinski definition) is 1. The lowest BCUT2D eigenvalue weighted by Gasteiger charge is -2.35. The van der Waals surface area contributed by atoms with Crippen molar-refractivity contribution in [3.05, 3.63) is 53.5 Å². The van der Waals surface area contributed by atoms with Crippen LogP contribution in [0.3, 0.4) is 0 Å². The SMILES string of the molecule is Cc1ccc2[nH]c(C(=O)N3CCCC[C@@H]3CCn3cccn3)c(C)c2c1. The highest BCUT2D eigenvalue weighted by molar-refractivity contribution is 6.01. The number of carbonyl (C=O) groups is 1. The van der Waals surface area contributed by atoms with Crippen molar-refractivity contribution in [2.45, 2.75) is 52.1 Å². The van der Waals surface area contributed by atoms with Gasteiger partial charge in [-0.1, -0.05) is 11.6 Å². The van der Waals surface area contributed by atoms with Crippen LogP contribution in [0.4, 0.5) is 0 Å². The Morgan fingerprint density at radius 1 is 1.31 bits per heavy atom. The first-order valence-electron chi connectivity index (χ1n) is 9.51. The van der Waals surface area contributed by atoms with Gasteiger partial charge in [-0.05, 0) is 63.3 Å². The first kappa shape index (κ1) is 16.9. The number of rotatable bonds is 4. The molecule has 1 amide bonds. The van der Waals surface area contributed by atoms with E-state index in [9.17, 15) is 4.79 Å². The maximum absolute atomic E-state index is 13.3. The Balaban J connectivity index is 1.57. The lowest BCUT2D eigenvalue weighted by Crippen LogP contribution is -2.44. The van der Waals surface area contributed by atoms with Gasteiger partial charge < -0.3 is 9.88 Å². The molecule has 1 N–H and O–H groups in total. The van der Waals surface area contributed by atoms with Crippen molar-refractivity contribution in [3.63, 3.8) is 0 Å². The second-order valence-electron chi connectivity index (χ2n) is 7.38. The number of likely N-dealkylation sites (tertiary alicyclic amines) is 1. The Kier molecular flexibility index (Phi) is 4.53. The van der Waals surface area contributed by atoms with Gasteiger partial charge in [0.1, 0.15) is 5.69 Å². The molecule has 1 saturated heterocycles. The van der Waals surface area contributed by atoms with Crippen LogP contribution in [0.1, 0.15) is 47.3 Å². The molecule has 5 nitrogen and oxygen atoms in total. The van der Waals surface area contributed by atoms with Crippen LogP contribution in [0.25, 0.3) is 10.9 Å². The Morgan fingerprint density at radius 3 is 3.00 bits per heavy atom. The zero-order valence-electron chi connectivity index (χ0n) is 15.5. The summed E-state index contributed by atoms with van der Waals surface area (Å²) in [6.45, 7) is 5.83. The molecular formula is C21H26N4O. The third kappa shape index (κ3) is 3.14. The van der Waals surface area contributed by atoms with Crippen LogP contribution < -0.4 is 0 Å². The minimum absolute atomic E-state index is 0.140. The maximum Gasteiger partial charge on any atom is 0.270 e. The third-order valence-electron chi connectivity index (χ3n) is 5.57. The van der Waals surface area contributed by atoms with Crippen LogP contribution >= 0.6 is 0 Å². The van der Waals surface area contributed by atoms with Crippen LogP contribution in [0, 0.1) is 13.8 Å². The molecule has 1 fully saturated rings. The molecular weight excluding hydrogens is 324 g/mol. The standard InChI is InChI=1S/C21H26N4O/c1-15-7-8-19-18(14-15)16(2)20(23-19)21(26)25-12-4-3-6-17(25)9-13-24-11-5-10-22-24/h5,7-8,10-11,14,17,23H,3-4,6,9,12-13H2,1-2H3/t17-/m1/s1. The second kappa shape index (κ2) is 6.98.